The summed E-state index contributed by atoms with van der Waals surface area (Å²) < 4.78 is 1.95. The Morgan fingerprint density at radius 2 is 2.11 bits per heavy atom. The standard InChI is InChI=1S/C15H19N3O/c1-11-6-5-9-14-17-13(10-18(11)14)15(19)16-12-7-3-2-4-8-12/h5-6,9-10,12H,2-4,7-8H2,1H3,(H,16,19). The molecule has 0 radical (unpaired) electrons. The van der Waals surface area contributed by atoms with E-state index in [1.807, 2.05) is 35.7 Å². The highest BCUT2D eigenvalue weighted by atomic mass is 16.2. The van der Waals surface area contributed by atoms with Gasteiger partial charge in [-0.1, -0.05) is 25.3 Å². The van der Waals surface area contributed by atoms with E-state index in [-0.39, 0.29) is 5.91 Å². The fraction of sp³-hybridized carbons (Fsp3) is 0.467. The predicted octanol–water partition coefficient (Wildman–Crippen LogP) is 2.71. The van der Waals surface area contributed by atoms with Crippen molar-refractivity contribution in [3.63, 3.8) is 0 Å². The third-order valence-corrected chi connectivity index (χ3v) is 3.87. The molecule has 0 spiro atoms. The van der Waals surface area contributed by atoms with Crippen molar-refractivity contribution in [1.82, 2.24) is 14.7 Å². The number of hydrogen-bond donors (Lipinski definition) is 1. The molecule has 0 unspecified atom stereocenters. The van der Waals surface area contributed by atoms with Gasteiger partial charge in [0.1, 0.15) is 11.3 Å². The molecule has 4 heteroatoms. The molecule has 1 fully saturated rings. The van der Waals surface area contributed by atoms with Crippen LogP contribution in [0.1, 0.15) is 48.3 Å². The number of imidazole rings is 1. The zero-order chi connectivity index (χ0) is 13.2. The van der Waals surface area contributed by atoms with Crippen LogP contribution in [0, 0.1) is 6.92 Å². The Hall–Kier alpha value is -1.84. The van der Waals surface area contributed by atoms with Gasteiger partial charge >= 0.3 is 0 Å². The molecule has 2 aromatic rings. The lowest BCUT2D eigenvalue weighted by molar-refractivity contribution is 0.0923. The Bertz CT molecular complexity index is 596. The van der Waals surface area contributed by atoms with Crippen LogP contribution in [0.2, 0.25) is 0 Å². The van der Waals surface area contributed by atoms with Crippen LogP contribution in [0.3, 0.4) is 0 Å². The number of amides is 1. The Morgan fingerprint density at radius 1 is 1.32 bits per heavy atom. The zero-order valence-electron chi connectivity index (χ0n) is 11.2. The summed E-state index contributed by atoms with van der Waals surface area (Å²) in [5.74, 6) is -0.0463. The first-order chi connectivity index (χ1) is 9.24. The minimum Gasteiger partial charge on any atom is -0.348 e. The van der Waals surface area contributed by atoms with E-state index in [1.165, 1.54) is 19.3 Å². The fourth-order valence-corrected chi connectivity index (χ4v) is 2.76. The summed E-state index contributed by atoms with van der Waals surface area (Å²) in [6.45, 7) is 2.01. The molecule has 0 aromatic carbocycles. The highest BCUT2D eigenvalue weighted by molar-refractivity contribution is 5.93. The van der Waals surface area contributed by atoms with E-state index in [0.29, 0.717) is 11.7 Å². The van der Waals surface area contributed by atoms with Gasteiger partial charge in [0.25, 0.3) is 5.91 Å². The molecule has 0 atom stereocenters. The number of carbonyl (C=O) groups excluding carboxylic acids is 1. The van der Waals surface area contributed by atoms with Crippen molar-refractivity contribution in [3.8, 4) is 0 Å². The van der Waals surface area contributed by atoms with Gasteiger partial charge in [-0.3, -0.25) is 4.79 Å². The van der Waals surface area contributed by atoms with Crippen LogP contribution < -0.4 is 5.32 Å². The van der Waals surface area contributed by atoms with Gasteiger partial charge in [0.15, 0.2) is 0 Å². The second kappa shape index (κ2) is 5.03. The molecular weight excluding hydrogens is 238 g/mol. The smallest absolute Gasteiger partial charge is 0.271 e. The largest absolute Gasteiger partial charge is 0.348 e. The molecule has 1 amide bonds. The lowest BCUT2D eigenvalue weighted by Gasteiger charge is -2.22. The molecule has 4 nitrogen and oxygen atoms in total. The number of nitrogens with one attached hydrogen (secondary N) is 1. The monoisotopic (exact) mass is 257 g/mol. The van der Waals surface area contributed by atoms with E-state index in [0.717, 1.165) is 24.2 Å². The molecule has 1 aliphatic rings. The normalized spacial score (nSPS) is 16.7. The maximum Gasteiger partial charge on any atom is 0.271 e. The van der Waals surface area contributed by atoms with Crippen molar-refractivity contribution in [2.45, 2.75) is 45.1 Å². The lowest BCUT2D eigenvalue weighted by Crippen LogP contribution is -2.36. The average molecular weight is 257 g/mol. The summed E-state index contributed by atoms with van der Waals surface area (Å²) in [7, 11) is 0. The summed E-state index contributed by atoms with van der Waals surface area (Å²) in [6, 6.07) is 6.22. The van der Waals surface area contributed by atoms with Crippen molar-refractivity contribution >= 4 is 11.6 Å². The SMILES string of the molecule is Cc1cccc2nc(C(=O)NC3CCCCC3)cn12. The molecule has 2 aromatic heterocycles. The maximum atomic E-state index is 12.2. The van der Waals surface area contributed by atoms with Gasteiger partial charge in [-0.15, -0.1) is 0 Å². The molecule has 0 saturated heterocycles. The molecular formula is C15H19N3O. The van der Waals surface area contributed by atoms with Crippen molar-refractivity contribution in [2.24, 2.45) is 0 Å². The molecule has 1 aliphatic carbocycles. The Morgan fingerprint density at radius 3 is 2.84 bits per heavy atom. The summed E-state index contributed by atoms with van der Waals surface area (Å²) in [5.41, 5.74) is 2.43. The van der Waals surface area contributed by atoms with Crippen LogP contribution in [0.25, 0.3) is 5.65 Å². The number of pyridine rings is 1. The molecule has 19 heavy (non-hydrogen) atoms. The third kappa shape index (κ3) is 2.48. The maximum absolute atomic E-state index is 12.2. The van der Waals surface area contributed by atoms with E-state index < -0.39 is 0 Å². The van der Waals surface area contributed by atoms with Crippen LogP contribution in [-0.4, -0.2) is 21.3 Å². The first-order valence-electron chi connectivity index (χ1n) is 6.99. The third-order valence-electron chi connectivity index (χ3n) is 3.87. The Balaban J connectivity index is 1.79. The van der Waals surface area contributed by atoms with E-state index in [1.54, 1.807) is 0 Å². The van der Waals surface area contributed by atoms with Gasteiger partial charge in [0.05, 0.1) is 0 Å². The lowest BCUT2D eigenvalue weighted by atomic mass is 9.95. The van der Waals surface area contributed by atoms with Gasteiger partial charge < -0.3 is 9.72 Å². The number of nitrogens with zero attached hydrogens (tertiary/aromatic N) is 2. The van der Waals surface area contributed by atoms with Crippen molar-refractivity contribution in [1.29, 1.82) is 0 Å². The number of hydrogen-bond acceptors (Lipinski definition) is 2. The summed E-state index contributed by atoms with van der Waals surface area (Å²) in [4.78, 5) is 16.6. The molecule has 100 valence electrons. The molecule has 1 saturated carbocycles. The fourth-order valence-electron chi connectivity index (χ4n) is 2.76. The Labute approximate surface area is 112 Å². The topological polar surface area (TPSA) is 46.4 Å². The van der Waals surface area contributed by atoms with E-state index >= 15 is 0 Å². The number of aryl methyl sites for hydroxylation is 1. The highest BCUT2D eigenvalue weighted by Gasteiger charge is 2.18. The minimum atomic E-state index is -0.0463. The predicted molar refractivity (Wildman–Crippen MR) is 74.3 cm³/mol. The molecule has 1 N–H and O–H groups in total. The summed E-state index contributed by atoms with van der Waals surface area (Å²) >= 11 is 0. The van der Waals surface area contributed by atoms with Gasteiger partial charge in [-0.2, -0.15) is 0 Å². The van der Waals surface area contributed by atoms with E-state index in [9.17, 15) is 4.79 Å². The van der Waals surface area contributed by atoms with E-state index in [2.05, 4.69) is 10.3 Å². The van der Waals surface area contributed by atoms with Crippen molar-refractivity contribution < 1.29 is 4.79 Å². The van der Waals surface area contributed by atoms with Gasteiger partial charge in [-0.05, 0) is 31.9 Å². The first kappa shape index (κ1) is 12.2. The highest BCUT2D eigenvalue weighted by Crippen LogP contribution is 2.18. The van der Waals surface area contributed by atoms with Crippen LogP contribution in [-0.2, 0) is 0 Å². The van der Waals surface area contributed by atoms with Gasteiger partial charge in [-0.25, -0.2) is 4.98 Å². The Kier molecular flexibility index (Phi) is 3.23. The van der Waals surface area contributed by atoms with Gasteiger partial charge in [0, 0.05) is 17.9 Å². The molecule has 3 rings (SSSR count). The first-order valence-corrected chi connectivity index (χ1v) is 6.99. The second-order valence-electron chi connectivity index (χ2n) is 5.33. The minimum absolute atomic E-state index is 0.0463. The van der Waals surface area contributed by atoms with Crippen molar-refractivity contribution in [3.05, 3.63) is 35.8 Å². The van der Waals surface area contributed by atoms with Gasteiger partial charge in [0.2, 0.25) is 0 Å². The zero-order valence-corrected chi connectivity index (χ0v) is 11.2. The second-order valence-corrected chi connectivity index (χ2v) is 5.33. The molecule has 0 aliphatic heterocycles. The molecule has 0 bridgehead atoms. The van der Waals surface area contributed by atoms with E-state index in [4.69, 9.17) is 0 Å². The van der Waals surface area contributed by atoms with Crippen LogP contribution in [0.4, 0.5) is 0 Å². The molecule has 2 heterocycles. The quantitative estimate of drug-likeness (QED) is 0.899. The average Bonchev–Trinajstić information content (AvgIpc) is 2.85. The van der Waals surface area contributed by atoms with Crippen LogP contribution in [0.15, 0.2) is 24.4 Å². The van der Waals surface area contributed by atoms with Crippen LogP contribution in [0.5, 0.6) is 0 Å². The van der Waals surface area contributed by atoms with Crippen molar-refractivity contribution in [2.75, 3.05) is 0 Å². The summed E-state index contributed by atoms with van der Waals surface area (Å²) in [5, 5.41) is 3.10. The number of carbonyl (C=O) groups is 1. The number of rotatable bonds is 2. The number of fused-ring (bicyclic) bond motifs is 1. The summed E-state index contributed by atoms with van der Waals surface area (Å²) in [6.07, 6.45) is 7.74. The number of aromatic nitrogens is 2. The van der Waals surface area contributed by atoms with Crippen LogP contribution >= 0.6 is 0 Å².